The normalized spacial score (nSPS) is 19.3. The number of nitrogens with zero attached hydrogens (tertiary/aromatic N) is 1. The van der Waals surface area contributed by atoms with Gasteiger partial charge in [0, 0.05) is 37.9 Å². The van der Waals surface area contributed by atoms with Crippen LogP contribution in [0.25, 0.3) is 0 Å². The second-order valence-electron chi connectivity index (χ2n) is 4.70. The second kappa shape index (κ2) is 6.38. The predicted molar refractivity (Wildman–Crippen MR) is 71.6 cm³/mol. The maximum Gasteiger partial charge on any atom is 0.321 e. The number of amides is 3. The van der Waals surface area contributed by atoms with E-state index in [1.165, 1.54) is 12.7 Å². The molecule has 1 aliphatic rings. The van der Waals surface area contributed by atoms with Gasteiger partial charge in [0.1, 0.15) is 0 Å². The number of H-pyrrole nitrogens is 1. The third-order valence-corrected chi connectivity index (χ3v) is 3.45. The van der Waals surface area contributed by atoms with Gasteiger partial charge in [-0.3, -0.25) is 15.0 Å². The average Bonchev–Trinajstić information content (AvgIpc) is 3.06. The fourth-order valence-electron chi connectivity index (χ4n) is 2.49. The molecule has 6 nitrogen and oxygen atoms in total. The van der Waals surface area contributed by atoms with Crippen molar-refractivity contribution in [3.05, 3.63) is 24.0 Å². The van der Waals surface area contributed by atoms with Crippen molar-refractivity contribution in [2.45, 2.75) is 25.3 Å². The van der Waals surface area contributed by atoms with E-state index < -0.39 is 6.03 Å². The molecule has 1 saturated heterocycles. The molecule has 1 fully saturated rings. The van der Waals surface area contributed by atoms with Crippen molar-refractivity contribution >= 4 is 11.9 Å². The molecular weight excluding hydrogens is 244 g/mol. The van der Waals surface area contributed by atoms with E-state index in [0.717, 1.165) is 19.4 Å². The van der Waals surface area contributed by atoms with Gasteiger partial charge in [0.25, 0.3) is 0 Å². The molecule has 0 spiro atoms. The molecule has 104 valence electrons. The summed E-state index contributed by atoms with van der Waals surface area (Å²) in [6.07, 6.45) is 4.51. The minimum atomic E-state index is -0.452. The highest BCUT2D eigenvalue weighted by Crippen LogP contribution is 2.30. The third-order valence-electron chi connectivity index (χ3n) is 3.45. The average molecular weight is 264 g/mol. The van der Waals surface area contributed by atoms with E-state index in [9.17, 15) is 9.59 Å². The summed E-state index contributed by atoms with van der Waals surface area (Å²) in [6, 6.07) is 3.98. The van der Waals surface area contributed by atoms with E-state index in [1.54, 1.807) is 0 Å². The largest absolute Gasteiger partial charge is 0.364 e. The van der Waals surface area contributed by atoms with E-state index in [1.807, 2.05) is 12.3 Å². The molecular formula is C13H20N4O2. The van der Waals surface area contributed by atoms with E-state index in [0.29, 0.717) is 19.0 Å². The Balaban J connectivity index is 1.82. The lowest BCUT2D eigenvalue weighted by molar-refractivity contribution is -0.120. The Kier molecular flexibility index (Phi) is 4.57. The minimum Gasteiger partial charge on any atom is -0.364 e. The summed E-state index contributed by atoms with van der Waals surface area (Å²) in [7, 11) is 1.49. The molecule has 6 heteroatoms. The van der Waals surface area contributed by atoms with E-state index in [2.05, 4.69) is 26.6 Å². The molecule has 1 aromatic heterocycles. The maximum absolute atomic E-state index is 11.6. The number of hydrogen-bond donors (Lipinski definition) is 3. The monoisotopic (exact) mass is 264 g/mol. The summed E-state index contributed by atoms with van der Waals surface area (Å²) < 4.78 is 0. The Morgan fingerprint density at radius 2 is 2.37 bits per heavy atom. The number of hydrogen-bond acceptors (Lipinski definition) is 3. The van der Waals surface area contributed by atoms with Crippen LogP contribution in [0.15, 0.2) is 18.3 Å². The first kappa shape index (κ1) is 13.6. The van der Waals surface area contributed by atoms with Gasteiger partial charge in [0.05, 0.1) is 0 Å². The molecule has 0 aliphatic carbocycles. The van der Waals surface area contributed by atoms with Crippen molar-refractivity contribution in [1.29, 1.82) is 0 Å². The zero-order chi connectivity index (χ0) is 13.7. The Hall–Kier alpha value is -1.82. The molecule has 3 amide bonds. The predicted octanol–water partition coefficient (Wildman–Crippen LogP) is 0.997. The number of urea groups is 1. The smallest absolute Gasteiger partial charge is 0.321 e. The van der Waals surface area contributed by atoms with Crippen LogP contribution in [0.5, 0.6) is 0 Å². The number of carbonyl (C=O) groups excluding carboxylic acids is 2. The van der Waals surface area contributed by atoms with Crippen molar-refractivity contribution in [2.24, 2.45) is 0 Å². The van der Waals surface area contributed by atoms with E-state index in [4.69, 9.17) is 0 Å². The molecule has 19 heavy (non-hydrogen) atoms. The first-order valence-electron chi connectivity index (χ1n) is 6.59. The molecule has 3 N–H and O–H groups in total. The van der Waals surface area contributed by atoms with Gasteiger partial charge >= 0.3 is 6.03 Å². The Bertz CT molecular complexity index is 430. The summed E-state index contributed by atoms with van der Waals surface area (Å²) in [5.41, 5.74) is 1.20. The highest BCUT2D eigenvalue weighted by atomic mass is 16.2. The zero-order valence-electron chi connectivity index (χ0n) is 11.1. The molecule has 2 rings (SSSR count). The van der Waals surface area contributed by atoms with Crippen LogP contribution < -0.4 is 10.6 Å². The van der Waals surface area contributed by atoms with Gasteiger partial charge in [-0.1, -0.05) is 0 Å². The maximum atomic E-state index is 11.6. The lowest BCUT2D eigenvalue weighted by atomic mass is 10.1. The van der Waals surface area contributed by atoms with Gasteiger partial charge in [-0.25, -0.2) is 4.79 Å². The van der Waals surface area contributed by atoms with Crippen molar-refractivity contribution in [1.82, 2.24) is 20.5 Å². The quantitative estimate of drug-likeness (QED) is 0.759. The molecule has 0 radical (unpaired) electrons. The number of aromatic nitrogens is 1. The van der Waals surface area contributed by atoms with Crippen molar-refractivity contribution in [3.8, 4) is 0 Å². The molecule has 0 unspecified atom stereocenters. The number of nitrogens with one attached hydrogen (secondary N) is 3. The summed E-state index contributed by atoms with van der Waals surface area (Å²) in [5.74, 6) is -0.239. The van der Waals surface area contributed by atoms with Gasteiger partial charge in [-0.05, 0) is 31.5 Å². The van der Waals surface area contributed by atoms with Gasteiger partial charge in [0.2, 0.25) is 5.91 Å². The van der Waals surface area contributed by atoms with Crippen LogP contribution in [0, 0.1) is 0 Å². The third kappa shape index (κ3) is 3.57. The molecule has 2 heterocycles. The summed E-state index contributed by atoms with van der Waals surface area (Å²) in [6.45, 7) is 1.67. The second-order valence-corrected chi connectivity index (χ2v) is 4.70. The number of carbonyl (C=O) groups is 2. The number of imide groups is 1. The van der Waals surface area contributed by atoms with Gasteiger partial charge < -0.3 is 10.3 Å². The van der Waals surface area contributed by atoms with Crippen molar-refractivity contribution in [3.63, 3.8) is 0 Å². The van der Waals surface area contributed by atoms with Gasteiger partial charge in [-0.15, -0.1) is 0 Å². The van der Waals surface area contributed by atoms with Gasteiger partial charge in [-0.2, -0.15) is 0 Å². The fourth-order valence-corrected chi connectivity index (χ4v) is 2.49. The Labute approximate surface area is 112 Å². The first-order valence-corrected chi connectivity index (χ1v) is 6.59. The van der Waals surface area contributed by atoms with Gasteiger partial charge in [0.15, 0.2) is 0 Å². The number of aromatic amines is 1. The number of rotatable bonds is 4. The molecule has 0 aromatic carbocycles. The summed E-state index contributed by atoms with van der Waals surface area (Å²) in [5, 5.41) is 4.65. The lowest BCUT2D eigenvalue weighted by Gasteiger charge is -2.23. The van der Waals surface area contributed by atoms with Crippen LogP contribution in [0.2, 0.25) is 0 Å². The molecule has 0 saturated carbocycles. The highest BCUT2D eigenvalue weighted by Gasteiger charge is 2.26. The van der Waals surface area contributed by atoms with Crippen LogP contribution >= 0.6 is 0 Å². The molecule has 1 aliphatic heterocycles. The topological polar surface area (TPSA) is 77.2 Å². The van der Waals surface area contributed by atoms with Crippen LogP contribution in [0.4, 0.5) is 4.79 Å². The van der Waals surface area contributed by atoms with E-state index >= 15 is 0 Å². The van der Waals surface area contributed by atoms with Crippen molar-refractivity contribution < 1.29 is 9.59 Å². The summed E-state index contributed by atoms with van der Waals surface area (Å²) >= 11 is 0. The Morgan fingerprint density at radius 1 is 1.53 bits per heavy atom. The van der Waals surface area contributed by atoms with Crippen LogP contribution in [0.1, 0.15) is 31.0 Å². The van der Waals surface area contributed by atoms with Crippen LogP contribution in [-0.4, -0.2) is 42.0 Å². The number of likely N-dealkylation sites (tertiary alicyclic amines) is 1. The van der Waals surface area contributed by atoms with Crippen LogP contribution in [0.3, 0.4) is 0 Å². The SMILES string of the molecule is CNC(=O)NC(=O)CCN1CCC[C@@H]1c1ccc[nH]1. The summed E-state index contributed by atoms with van der Waals surface area (Å²) in [4.78, 5) is 28.1. The van der Waals surface area contributed by atoms with E-state index in [-0.39, 0.29) is 5.91 Å². The highest BCUT2D eigenvalue weighted by molar-refractivity contribution is 5.94. The van der Waals surface area contributed by atoms with Crippen molar-refractivity contribution in [2.75, 3.05) is 20.1 Å². The lowest BCUT2D eigenvalue weighted by Crippen LogP contribution is -2.39. The van der Waals surface area contributed by atoms with Crippen LogP contribution in [-0.2, 0) is 4.79 Å². The Morgan fingerprint density at radius 3 is 3.05 bits per heavy atom. The minimum absolute atomic E-state index is 0.239. The molecule has 0 bridgehead atoms. The first-order chi connectivity index (χ1) is 9.20. The molecule has 1 aromatic rings. The fraction of sp³-hybridized carbons (Fsp3) is 0.538. The molecule has 1 atom stereocenters. The standard InChI is InChI=1S/C13H20N4O2/c1-14-13(19)16-12(18)6-9-17-8-3-5-11(17)10-4-2-7-15-10/h2,4,7,11,15H,3,5-6,8-9H2,1H3,(H2,14,16,18,19)/t11-/m1/s1. The zero-order valence-corrected chi connectivity index (χ0v) is 11.1.